The standard InChI is InChI=1S/C19H19N3O2/c1-14-8-10-17(12-15(14)2)18(13-21-22-20)24-19(23)11-9-16-6-4-3-5-7-16/h3-12,18H,13H2,1-2H3/b11-9+/t18-/m1/s1. The van der Waals surface area contributed by atoms with Gasteiger partial charge in [0.2, 0.25) is 0 Å². The normalized spacial score (nSPS) is 11.8. The molecule has 122 valence electrons. The van der Waals surface area contributed by atoms with Gasteiger partial charge in [0.05, 0.1) is 6.54 Å². The molecule has 0 bridgehead atoms. The molecule has 1 atom stereocenters. The van der Waals surface area contributed by atoms with E-state index in [1.54, 1.807) is 6.08 Å². The summed E-state index contributed by atoms with van der Waals surface area (Å²) in [5, 5.41) is 3.55. The third-order valence-electron chi connectivity index (χ3n) is 3.68. The molecule has 2 aromatic rings. The molecular formula is C19H19N3O2. The van der Waals surface area contributed by atoms with Crippen molar-refractivity contribution in [1.82, 2.24) is 0 Å². The van der Waals surface area contributed by atoms with Gasteiger partial charge in [0.15, 0.2) is 0 Å². The van der Waals surface area contributed by atoms with Crippen LogP contribution in [-0.4, -0.2) is 12.5 Å². The lowest BCUT2D eigenvalue weighted by Crippen LogP contribution is -2.12. The molecule has 2 rings (SSSR count). The van der Waals surface area contributed by atoms with Gasteiger partial charge in [-0.1, -0.05) is 53.6 Å². The van der Waals surface area contributed by atoms with Gasteiger partial charge in [-0.25, -0.2) is 4.79 Å². The van der Waals surface area contributed by atoms with E-state index < -0.39 is 12.1 Å². The van der Waals surface area contributed by atoms with E-state index in [-0.39, 0.29) is 6.54 Å². The van der Waals surface area contributed by atoms with Crippen LogP contribution in [0.5, 0.6) is 0 Å². The van der Waals surface area contributed by atoms with Gasteiger partial charge in [0.25, 0.3) is 0 Å². The molecule has 0 aromatic heterocycles. The highest BCUT2D eigenvalue weighted by Crippen LogP contribution is 2.21. The predicted molar refractivity (Wildman–Crippen MR) is 94.2 cm³/mol. The number of azide groups is 1. The zero-order valence-corrected chi connectivity index (χ0v) is 13.7. The van der Waals surface area contributed by atoms with Crippen molar-refractivity contribution in [2.75, 3.05) is 6.54 Å². The van der Waals surface area contributed by atoms with Gasteiger partial charge in [-0.3, -0.25) is 0 Å². The number of hydrogen-bond donors (Lipinski definition) is 0. The molecule has 0 saturated heterocycles. The van der Waals surface area contributed by atoms with E-state index in [4.69, 9.17) is 10.3 Å². The van der Waals surface area contributed by atoms with Crippen molar-refractivity contribution in [2.24, 2.45) is 5.11 Å². The summed E-state index contributed by atoms with van der Waals surface area (Å²) in [7, 11) is 0. The zero-order chi connectivity index (χ0) is 17.4. The Morgan fingerprint density at radius 1 is 1.21 bits per heavy atom. The Labute approximate surface area is 141 Å². The van der Waals surface area contributed by atoms with Crippen LogP contribution in [0.25, 0.3) is 16.5 Å². The quantitative estimate of drug-likeness (QED) is 0.249. The van der Waals surface area contributed by atoms with Crippen LogP contribution in [0.3, 0.4) is 0 Å². The first-order valence-electron chi connectivity index (χ1n) is 7.62. The molecule has 0 aliphatic heterocycles. The van der Waals surface area contributed by atoms with Crippen molar-refractivity contribution in [3.63, 3.8) is 0 Å². The zero-order valence-electron chi connectivity index (χ0n) is 13.7. The van der Waals surface area contributed by atoms with Gasteiger partial charge < -0.3 is 4.74 Å². The van der Waals surface area contributed by atoms with Gasteiger partial charge in [0, 0.05) is 11.0 Å². The molecule has 0 amide bonds. The molecular weight excluding hydrogens is 302 g/mol. The number of esters is 1. The molecule has 0 radical (unpaired) electrons. The molecule has 0 aliphatic carbocycles. The summed E-state index contributed by atoms with van der Waals surface area (Å²) in [6, 6.07) is 15.3. The van der Waals surface area contributed by atoms with Crippen LogP contribution in [-0.2, 0) is 9.53 Å². The van der Waals surface area contributed by atoms with Crippen LogP contribution in [0.1, 0.15) is 28.4 Å². The molecule has 0 N–H and O–H groups in total. The molecule has 0 aliphatic rings. The van der Waals surface area contributed by atoms with Crippen LogP contribution in [0.15, 0.2) is 59.7 Å². The van der Waals surface area contributed by atoms with E-state index in [9.17, 15) is 4.79 Å². The van der Waals surface area contributed by atoms with Gasteiger partial charge >= 0.3 is 5.97 Å². The molecule has 2 aromatic carbocycles. The summed E-state index contributed by atoms with van der Waals surface area (Å²) in [4.78, 5) is 14.8. The van der Waals surface area contributed by atoms with Crippen LogP contribution in [0.2, 0.25) is 0 Å². The topological polar surface area (TPSA) is 75.1 Å². The maximum atomic E-state index is 12.1. The first-order chi connectivity index (χ1) is 11.6. The fraction of sp³-hybridized carbons (Fsp3) is 0.211. The van der Waals surface area contributed by atoms with Crippen molar-refractivity contribution < 1.29 is 9.53 Å². The fourth-order valence-corrected chi connectivity index (χ4v) is 2.19. The Morgan fingerprint density at radius 3 is 2.62 bits per heavy atom. The number of carbonyl (C=O) groups is 1. The second kappa shape index (κ2) is 8.56. The minimum Gasteiger partial charge on any atom is -0.454 e. The minimum absolute atomic E-state index is 0.0594. The Morgan fingerprint density at radius 2 is 1.96 bits per heavy atom. The lowest BCUT2D eigenvalue weighted by molar-refractivity contribution is -0.142. The van der Waals surface area contributed by atoms with Crippen molar-refractivity contribution in [3.8, 4) is 0 Å². The molecule has 0 fully saturated rings. The number of rotatable bonds is 6. The number of hydrogen-bond acceptors (Lipinski definition) is 3. The Bertz CT molecular complexity index is 778. The highest BCUT2D eigenvalue weighted by atomic mass is 16.5. The van der Waals surface area contributed by atoms with Gasteiger partial charge in [-0.05, 0) is 47.7 Å². The average molecular weight is 321 g/mol. The average Bonchev–Trinajstić information content (AvgIpc) is 2.60. The number of nitrogens with zero attached hydrogens (tertiary/aromatic N) is 3. The summed E-state index contributed by atoms with van der Waals surface area (Å²) >= 11 is 0. The summed E-state index contributed by atoms with van der Waals surface area (Å²) < 4.78 is 5.46. The van der Waals surface area contributed by atoms with Crippen LogP contribution in [0.4, 0.5) is 0 Å². The molecule has 0 spiro atoms. The molecule has 5 heteroatoms. The Kier molecular flexibility index (Phi) is 6.17. The molecule has 0 saturated carbocycles. The van der Waals surface area contributed by atoms with E-state index in [2.05, 4.69) is 10.0 Å². The number of benzene rings is 2. The summed E-state index contributed by atoms with van der Waals surface area (Å²) in [5.41, 5.74) is 12.5. The van der Waals surface area contributed by atoms with E-state index in [1.807, 2.05) is 62.4 Å². The lowest BCUT2D eigenvalue weighted by Gasteiger charge is -2.16. The maximum Gasteiger partial charge on any atom is 0.331 e. The summed E-state index contributed by atoms with van der Waals surface area (Å²) in [6.45, 7) is 4.06. The third-order valence-corrected chi connectivity index (χ3v) is 3.68. The number of aryl methyl sites for hydroxylation is 2. The Balaban J connectivity index is 2.13. The smallest absolute Gasteiger partial charge is 0.331 e. The highest BCUT2D eigenvalue weighted by molar-refractivity contribution is 5.87. The first-order valence-corrected chi connectivity index (χ1v) is 7.62. The first kappa shape index (κ1) is 17.3. The van der Waals surface area contributed by atoms with E-state index in [0.717, 1.165) is 22.3 Å². The monoisotopic (exact) mass is 321 g/mol. The van der Waals surface area contributed by atoms with Crippen LogP contribution in [0, 0.1) is 13.8 Å². The van der Waals surface area contributed by atoms with Gasteiger partial charge in [-0.2, -0.15) is 0 Å². The fourth-order valence-electron chi connectivity index (χ4n) is 2.19. The molecule has 0 heterocycles. The van der Waals surface area contributed by atoms with E-state index in [0.29, 0.717) is 0 Å². The highest BCUT2D eigenvalue weighted by Gasteiger charge is 2.15. The van der Waals surface area contributed by atoms with Crippen molar-refractivity contribution in [1.29, 1.82) is 0 Å². The SMILES string of the molecule is Cc1ccc([C@@H](CN=[N+]=[N-])OC(=O)/C=C/c2ccccc2)cc1C. The number of ether oxygens (including phenoxy) is 1. The van der Waals surface area contributed by atoms with Crippen LogP contribution < -0.4 is 0 Å². The minimum atomic E-state index is -0.604. The lowest BCUT2D eigenvalue weighted by atomic mass is 10.0. The summed E-state index contributed by atoms with van der Waals surface area (Å²) in [5.74, 6) is -0.477. The van der Waals surface area contributed by atoms with Gasteiger partial charge in [-0.15, -0.1) is 0 Å². The Hall–Kier alpha value is -3.04. The predicted octanol–water partition coefficient (Wildman–Crippen LogP) is 4.91. The molecule has 24 heavy (non-hydrogen) atoms. The second-order valence-electron chi connectivity index (χ2n) is 5.43. The second-order valence-corrected chi connectivity index (χ2v) is 5.43. The van der Waals surface area contributed by atoms with E-state index in [1.165, 1.54) is 6.08 Å². The van der Waals surface area contributed by atoms with Crippen LogP contribution >= 0.6 is 0 Å². The molecule has 0 unspecified atom stereocenters. The summed E-state index contributed by atoms with van der Waals surface area (Å²) in [6.07, 6.45) is 2.46. The third kappa shape index (κ3) is 5.00. The van der Waals surface area contributed by atoms with Crippen molar-refractivity contribution in [3.05, 3.63) is 87.3 Å². The maximum absolute atomic E-state index is 12.1. The molecule has 5 nitrogen and oxygen atoms in total. The van der Waals surface area contributed by atoms with E-state index >= 15 is 0 Å². The largest absolute Gasteiger partial charge is 0.454 e. The van der Waals surface area contributed by atoms with Crippen molar-refractivity contribution in [2.45, 2.75) is 20.0 Å². The number of carbonyl (C=O) groups excluding carboxylic acids is 1. The van der Waals surface area contributed by atoms with Crippen molar-refractivity contribution >= 4 is 12.0 Å². The van der Waals surface area contributed by atoms with Gasteiger partial charge in [0.1, 0.15) is 6.10 Å².